The molecule has 2 unspecified atom stereocenters. The molecule has 0 heterocycles. The van der Waals surface area contributed by atoms with Gasteiger partial charge in [0.05, 0.1) is 6.42 Å². The summed E-state index contributed by atoms with van der Waals surface area (Å²) < 4.78 is 0. The van der Waals surface area contributed by atoms with Crippen LogP contribution in [0.15, 0.2) is 24.3 Å². The molecule has 1 aliphatic carbocycles. The Labute approximate surface area is 119 Å². The number of phenolic OH excluding ortho intramolecular Hbond substituents is 1. The van der Waals surface area contributed by atoms with E-state index in [1.807, 2.05) is 6.07 Å². The minimum Gasteiger partial charge on any atom is -0.508 e. The average molecular weight is 277 g/mol. The van der Waals surface area contributed by atoms with Crippen molar-refractivity contribution < 1.29 is 15.0 Å². The molecule has 3 N–H and O–H groups in total. The van der Waals surface area contributed by atoms with Gasteiger partial charge in [0.1, 0.15) is 5.75 Å². The first-order valence-electron chi connectivity index (χ1n) is 7.34. The maximum atomic E-state index is 11.9. The highest BCUT2D eigenvalue weighted by molar-refractivity contribution is 5.78. The third-order valence-electron chi connectivity index (χ3n) is 4.14. The van der Waals surface area contributed by atoms with Gasteiger partial charge in [-0.2, -0.15) is 0 Å². The minimum absolute atomic E-state index is 0.0298. The Bertz CT molecular complexity index is 447. The molecule has 0 saturated heterocycles. The molecule has 2 atom stereocenters. The first kappa shape index (κ1) is 14.9. The molecule has 1 aromatic carbocycles. The van der Waals surface area contributed by atoms with E-state index in [4.69, 9.17) is 0 Å². The highest BCUT2D eigenvalue weighted by Crippen LogP contribution is 2.29. The average Bonchev–Trinajstić information content (AvgIpc) is 2.45. The zero-order valence-corrected chi connectivity index (χ0v) is 11.7. The van der Waals surface area contributed by atoms with E-state index in [0.717, 1.165) is 18.4 Å². The number of carbonyl (C=O) groups is 1. The number of carbonyl (C=O) groups excluding carboxylic acids is 1. The van der Waals surface area contributed by atoms with Gasteiger partial charge in [-0.05, 0) is 42.4 Å². The monoisotopic (exact) mass is 277 g/mol. The van der Waals surface area contributed by atoms with Gasteiger partial charge in [-0.15, -0.1) is 0 Å². The molecule has 4 heteroatoms. The third kappa shape index (κ3) is 4.23. The molecular formula is C16H23NO3. The van der Waals surface area contributed by atoms with Crippen LogP contribution in [0.5, 0.6) is 5.75 Å². The van der Waals surface area contributed by atoms with Crippen LogP contribution in [0.4, 0.5) is 0 Å². The minimum atomic E-state index is -0.0298. The number of amides is 1. The summed E-state index contributed by atoms with van der Waals surface area (Å²) in [5, 5.41) is 21.7. The lowest BCUT2D eigenvalue weighted by Gasteiger charge is -2.30. The van der Waals surface area contributed by atoms with Crippen molar-refractivity contribution >= 4 is 5.91 Å². The Balaban J connectivity index is 1.79. The molecule has 0 bridgehead atoms. The van der Waals surface area contributed by atoms with Crippen molar-refractivity contribution in [2.24, 2.45) is 11.8 Å². The lowest BCUT2D eigenvalue weighted by Crippen LogP contribution is -2.36. The molecular weight excluding hydrogens is 254 g/mol. The lowest BCUT2D eigenvalue weighted by atomic mass is 9.79. The summed E-state index contributed by atoms with van der Waals surface area (Å²) in [5.41, 5.74) is 0.810. The van der Waals surface area contributed by atoms with Gasteiger partial charge >= 0.3 is 0 Å². The standard InChI is InChI=1S/C16H23NO3/c18-11-14-6-2-1-5-13(14)10-17-16(20)9-12-4-3-7-15(19)8-12/h3-4,7-8,13-14,18-19H,1-2,5-6,9-11H2,(H,17,20). The third-order valence-corrected chi connectivity index (χ3v) is 4.14. The van der Waals surface area contributed by atoms with Crippen molar-refractivity contribution in [1.29, 1.82) is 0 Å². The van der Waals surface area contributed by atoms with Gasteiger partial charge in [-0.1, -0.05) is 25.0 Å². The number of aliphatic hydroxyl groups excluding tert-OH is 1. The van der Waals surface area contributed by atoms with Crippen molar-refractivity contribution in [1.82, 2.24) is 5.32 Å². The number of hydrogen-bond donors (Lipinski definition) is 3. The second-order valence-electron chi connectivity index (χ2n) is 5.64. The number of aromatic hydroxyl groups is 1. The van der Waals surface area contributed by atoms with E-state index >= 15 is 0 Å². The molecule has 0 aromatic heterocycles. The Hall–Kier alpha value is -1.55. The van der Waals surface area contributed by atoms with Crippen LogP contribution in [0.2, 0.25) is 0 Å². The molecule has 1 aliphatic rings. The smallest absolute Gasteiger partial charge is 0.224 e. The van der Waals surface area contributed by atoms with E-state index in [1.54, 1.807) is 18.2 Å². The number of hydrogen-bond acceptors (Lipinski definition) is 3. The van der Waals surface area contributed by atoms with Crippen molar-refractivity contribution in [2.45, 2.75) is 32.1 Å². The summed E-state index contributed by atoms with van der Waals surface area (Å²) in [5.74, 6) is 0.868. The fourth-order valence-corrected chi connectivity index (χ4v) is 2.95. The van der Waals surface area contributed by atoms with Gasteiger partial charge < -0.3 is 15.5 Å². The topological polar surface area (TPSA) is 69.6 Å². The van der Waals surface area contributed by atoms with Crippen molar-refractivity contribution in [3.63, 3.8) is 0 Å². The molecule has 0 spiro atoms. The quantitative estimate of drug-likeness (QED) is 0.769. The second kappa shape index (κ2) is 7.29. The van der Waals surface area contributed by atoms with Gasteiger partial charge in [0.25, 0.3) is 0 Å². The molecule has 0 aliphatic heterocycles. The SMILES string of the molecule is O=C(Cc1cccc(O)c1)NCC1CCCCC1CO. The van der Waals surface area contributed by atoms with Crippen LogP contribution in [-0.4, -0.2) is 29.3 Å². The summed E-state index contributed by atoms with van der Waals surface area (Å²) in [6.07, 6.45) is 4.79. The molecule has 0 radical (unpaired) electrons. The molecule has 4 nitrogen and oxygen atoms in total. The van der Waals surface area contributed by atoms with Crippen molar-refractivity contribution in [2.75, 3.05) is 13.2 Å². The van der Waals surface area contributed by atoms with Crippen LogP contribution < -0.4 is 5.32 Å². The summed E-state index contributed by atoms with van der Waals surface area (Å²) >= 11 is 0. The molecule has 20 heavy (non-hydrogen) atoms. The number of aliphatic hydroxyl groups is 1. The van der Waals surface area contributed by atoms with Crippen molar-refractivity contribution in [3.8, 4) is 5.75 Å². The highest BCUT2D eigenvalue weighted by Gasteiger charge is 2.24. The molecule has 1 saturated carbocycles. The summed E-state index contributed by atoms with van der Waals surface area (Å²) in [7, 11) is 0. The van der Waals surface area contributed by atoms with E-state index < -0.39 is 0 Å². The van der Waals surface area contributed by atoms with Crippen LogP contribution in [0.3, 0.4) is 0 Å². The van der Waals surface area contributed by atoms with E-state index in [1.165, 1.54) is 12.8 Å². The maximum absolute atomic E-state index is 11.9. The molecule has 1 amide bonds. The van der Waals surface area contributed by atoms with Crippen molar-refractivity contribution in [3.05, 3.63) is 29.8 Å². The van der Waals surface area contributed by atoms with Gasteiger partial charge in [-0.3, -0.25) is 4.79 Å². The second-order valence-corrected chi connectivity index (χ2v) is 5.64. The predicted octanol–water partition coefficient (Wildman–Crippen LogP) is 1.85. The summed E-state index contributed by atoms with van der Waals surface area (Å²) in [6.45, 7) is 0.857. The fraction of sp³-hybridized carbons (Fsp3) is 0.562. The highest BCUT2D eigenvalue weighted by atomic mass is 16.3. The zero-order chi connectivity index (χ0) is 14.4. The Morgan fingerprint density at radius 2 is 2.00 bits per heavy atom. The Morgan fingerprint density at radius 3 is 2.70 bits per heavy atom. The Kier molecular flexibility index (Phi) is 5.41. The molecule has 110 valence electrons. The van der Waals surface area contributed by atoms with Crippen LogP contribution in [0, 0.1) is 11.8 Å². The van der Waals surface area contributed by atoms with Crippen LogP contribution in [0.25, 0.3) is 0 Å². The first-order chi connectivity index (χ1) is 9.69. The number of rotatable bonds is 5. The maximum Gasteiger partial charge on any atom is 0.224 e. The normalized spacial score (nSPS) is 22.4. The molecule has 2 rings (SSSR count). The Morgan fingerprint density at radius 1 is 1.25 bits per heavy atom. The van der Waals surface area contributed by atoms with Gasteiger partial charge in [0.15, 0.2) is 0 Å². The number of nitrogens with one attached hydrogen (secondary N) is 1. The van der Waals surface area contributed by atoms with E-state index in [0.29, 0.717) is 18.4 Å². The fourth-order valence-electron chi connectivity index (χ4n) is 2.95. The largest absolute Gasteiger partial charge is 0.508 e. The van der Waals surface area contributed by atoms with E-state index in [2.05, 4.69) is 5.32 Å². The van der Waals surface area contributed by atoms with Gasteiger partial charge in [0, 0.05) is 13.2 Å². The predicted molar refractivity (Wildman–Crippen MR) is 77.4 cm³/mol. The van der Waals surface area contributed by atoms with E-state index in [-0.39, 0.29) is 24.7 Å². The van der Waals surface area contributed by atoms with Gasteiger partial charge in [0.2, 0.25) is 5.91 Å². The van der Waals surface area contributed by atoms with Gasteiger partial charge in [-0.25, -0.2) is 0 Å². The molecule has 1 aromatic rings. The number of phenols is 1. The molecule has 1 fully saturated rings. The number of benzene rings is 1. The first-order valence-corrected chi connectivity index (χ1v) is 7.34. The van der Waals surface area contributed by atoms with Crippen LogP contribution in [-0.2, 0) is 11.2 Å². The van der Waals surface area contributed by atoms with Crippen LogP contribution in [0.1, 0.15) is 31.2 Å². The lowest BCUT2D eigenvalue weighted by molar-refractivity contribution is -0.120. The van der Waals surface area contributed by atoms with Crippen LogP contribution >= 0.6 is 0 Å². The zero-order valence-electron chi connectivity index (χ0n) is 11.7. The summed E-state index contributed by atoms with van der Waals surface area (Å²) in [6, 6.07) is 6.77. The van der Waals surface area contributed by atoms with E-state index in [9.17, 15) is 15.0 Å². The summed E-state index contributed by atoms with van der Waals surface area (Å²) in [4.78, 5) is 11.9.